The molecule has 0 fully saturated rings. The minimum Gasteiger partial charge on any atom is -0.544 e. The summed E-state index contributed by atoms with van der Waals surface area (Å²) >= 11 is 1.10. The average Bonchev–Trinajstić information content (AvgIpc) is 2.72. The Morgan fingerprint density at radius 3 is 2.74 bits per heavy atom. The number of hydrogen-bond acceptors (Lipinski definition) is 5. The summed E-state index contributed by atoms with van der Waals surface area (Å²) in [4.78, 5) is 15.2. The van der Waals surface area contributed by atoms with E-state index in [2.05, 4.69) is 4.98 Å². The van der Waals surface area contributed by atoms with Crippen LogP contribution >= 0.6 is 11.3 Å². The first-order valence-electron chi connectivity index (χ1n) is 5.85. The lowest BCUT2D eigenvalue weighted by Crippen LogP contribution is -2.21. The lowest BCUT2D eigenvalue weighted by molar-refractivity contribution is -0.254. The van der Waals surface area contributed by atoms with E-state index < -0.39 is 5.97 Å². The number of nitrogens with zero attached hydrogens (tertiary/aromatic N) is 1. The smallest absolute Gasteiger partial charge is 0.140 e. The number of ether oxygens (including phenoxy) is 1. The van der Waals surface area contributed by atoms with E-state index in [4.69, 9.17) is 4.74 Å². The molecule has 0 saturated heterocycles. The molecule has 2 rings (SSSR count). The number of aromatic carboxylic acids is 1. The summed E-state index contributed by atoms with van der Waals surface area (Å²) in [5.74, 6) is -0.393. The Morgan fingerprint density at radius 2 is 2.11 bits per heavy atom. The van der Waals surface area contributed by atoms with Gasteiger partial charge in [0.15, 0.2) is 0 Å². The van der Waals surface area contributed by atoms with Gasteiger partial charge in [-0.1, -0.05) is 12.1 Å². The van der Waals surface area contributed by atoms with Crippen LogP contribution in [0.5, 0.6) is 5.75 Å². The van der Waals surface area contributed by atoms with Crippen LogP contribution in [0.1, 0.15) is 31.5 Å². The van der Waals surface area contributed by atoms with Crippen molar-refractivity contribution in [1.82, 2.24) is 4.98 Å². The Labute approximate surface area is 115 Å². The van der Waals surface area contributed by atoms with Gasteiger partial charge in [0.05, 0.1) is 16.5 Å². The zero-order valence-corrected chi connectivity index (χ0v) is 11.8. The molecule has 1 aromatic heterocycles. The minimum absolute atomic E-state index is 0.166. The van der Waals surface area contributed by atoms with Crippen LogP contribution in [0.25, 0.3) is 0 Å². The van der Waals surface area contributed by atoms with Crippen LogP contribution in [0, 0.1) is 20.8 Å². The van der Waals surface area contributed by atoms with Gasteiger partial charge in [-0.25, -0.2) is 4.98 Å². The van der Waals surface area contributed by atoms with E-state index in [-0.39, 0.29) is 11.5 Å². The van der Waals surface area contributed by atoms with Crippen LogP contribution in [-0.2, 0) is 6.61 Å². The van der Waals surface area contributed by atoms with Gasteiger partial charge in [-0.3, -0.25) is 0 Å². The molecule has 0 atom stereocenters. The number of hydrogen-bond donors (Lipinski definition) is 0. The number of rotatable bonds is 4. The highest BCUT2D eigenvalue weighted by molar-refractivity contribution is 7.13. The first-order chi connectivity index (χ1) is 8.97. The van der Waals surface area contributed by atoms with Crippen molar-refractivity contribution in [1.29, 1.82) is 0 Å². The summed E-state index contributed by atoms with van der Waals surface area (Å²) in [6.07, 6.45) is 0. The highest BCUT2D eigenvalue weighted by Crippen LogP contribution is 2.23. The fourth-order valence-electron chi connectivity index (χ4n) is 1.71. The van der Waals surface area contributed by atoms with Crippen LogP contribution in [0.2, 0.25) is 0 Å². The predicted octanol–water partition coefficient (Wildman–Crippen LogP) is 2.01. The normalized spacial score (nSPS) is 10.5. The zero-order valence-electron chi connectivity index (χ0n) is 11.0. The summed E-state index contributed by atoms with van der Waals surface area (Å²) in [7, 11) is 0. The van der Waals surface area contributed by atoms with Gasteiger partial charge in [0, 0.05) is 0 Å². The van der Waals surface area contributed by atoms with E-state index in [1.165, 1.54) is 0 Å². The van der Waals surface area contributed by atoms with Crippen molar-refractivity contribution in [3.8, 4) is 5.75 Å². The Hall–Kier alpha value is -1.88. The third kappa shape index (κ3) is 3.12. The lowest BCUT2D eigenvalue weighted by atomic mass is 10.1. The van der Waals surface area contributed by atoms with E-state index in [1.807, 2.05) is 32.0 Å². The molecule has 1 aromatic carbocycles. The predicted molar refractivity (Wildman–Crippen MR) is 71.4 cm³/mol. The average molecular weight is 276 g/mol. The molecular formula is C14H14NO3S-. The van der Waals surface area contributed by atoms with Crippen molar-refractivity contribution in [2.45, 2.75) is 27.4 Å². The lowest BCUT2D eigenvalue weighted by Gasteiger charge is -2.08. The Balaban J connectivity index is 2.12. The fourth-order valence-corrected chi connectivity index (χ4v) is 2.52. The van der Waals surface area contributed by atoms with Gasteiger partial charge in [0.25, 0.3) is 0 Å². The summed E-state index contributed by atoms with van der Waals surface area (Å²) in [6, 6.07) is 5.96. The van der Waals surface area contributed by atoms with Gasteiger partial charge in [-0.2, -0.15) is 0 Å². The fraction of sp³-hybridized carbons (Fsp3) is 0.286. The van der Waals surface area contributed by atoms with Gasteiger partial charge in [-0.05, 0) is 38.0 Å². The molecule has 100 valence electrons. The maximum absolute atomic E-state index is 10.8. The number of carbonyl (C=O) groups is 1. The standard InChI is InChI=1S/C14H15NO3S/c1-8-4-5-9(2)11(6-8)18-7-12-15-10(3)13(19-12)14(16)17/h4-6H,7H2,1-3H3,(H,16,17)/p-1. The number of carboxylic acids is 1. The molecule has 5 heteroatoms. The van der Waals surface area contributed by atoms with E-state index >= 15 is 0 Å². The molecule has 0 aliphatic carbocycles. The molecule has 2 aromatic rings. The maximum Gasteiger partial charge on any atom is 0.140 e. The van der Waals surface area contributed by atoms with Gasteiger partial charge < -0.3 is 14.6 Å². The molecule has 0 N–H and O–H groups in total. The van der Waals surface area contributed by atoms with Crippen LogP contribution in [0.3, 0.4) is 0 Å². The Morgan fingerprint density at radius 1 is 1.37 bits per heavy atom. The van der Waals surface area contributed by atoms with Gasteiger partial charge in [0.2, 0.25) is 0 Å². The van der Waals surface area contributed by atoms with Crippen molar-refractivity contribution >= 4 is 17.3 Å². The van der Waals surface area contributed by atoms with Crippen molar-refractivity contribution in [3.63, 3.8) is 0 Å². The number of carbonyl (C=O) groups excluding carboxylic acids is 1. The van der Waals surface area contributed by atoms with Crippen molar-refractivity contribution < 1.29 is 14.6 Å². The van der Waals surface area contributed by atoms with Crippen LogP contribution in [-0.4, -0.2) is 11.0 Å². The molecule has 0 amide bonds. The van der Waals surface area contributed by atoms with E-state index in [0.717, 1.165) is 28.2 Å². The number of carboxylic acid groups (broad SMARTS) is 1. The second-order valence-corrected chi connectivity index (χ2v) is 5.45. The number of benzene rings is 1. The van der Waals surface area contributed by atoms with E-state index in [1.54, 1.807) is 6.92 Å². The molecule has 1 heterocycles. The van der Waals surface area contributed by atoms with Crippen molar-refractivity contribution in [2.24, 2.45) is 0 Å². The third-order valence-electron chi connectivity index (χ3n) is 2.72. The first kappa shape index (κ1) is 13.5. The number of thiazole rings is 1. The van der Waals surface area contributed by atoms with Gasteiger partial charge >= 0.3 is 0 Å². The van der Waals surface area contributed by atoms with E-state index in [0.29, 0.717) is 10.7 Å². The number of aryl methyl sites for hydroxylation is 3. The Bertz CT molecular complexity index is 619. The molecule has 0 radical (unpaired) electrons. The van der Waals surface area contributed by atoms with Crippen LogP contribution < -0.4 is 9.84 Å². The highest BCUT2D eigenvalue weighted by Gasteiger charge is 2.09. The number of aromatic nitrogens is 1. The molecule has 0 unspecified atom stereocenters. The molecule has 4 nitrogen and oxygen atoms in total. The van der Waals surface area contributed by atoms with Gasteiger partial charge in [0.1, 0.15) is 17.4 Å². The second-order valence-electron chi connectivity index (χ2n) is 4.37. The van der Waals surface area contributed by atoms with Crippen LogP contribution in [0.4, 0.5) is 0 Å². The molecule has 0 aliphatic heterocycles. The molecular weight excluding hydrogens is 262 g/mol. The minimum atomic E-state index is -1.19. The van der Waals surface area contributed by atoms with Crippen molar-refractivity contribution in [2.75, 3.05) is 0 Å². The summed E-state index contributed by atoms with van der Waals surface area (Å²) in [5, 5.41) is 11.5. The van der Waals surface area contributed by atoms with E-state index in [9.17, 15) is 9.90 Å². The van der Waals surface area contributed by atoms with Gasteiger partial charge in [-0.15, -0.1) is 11.3 Å². The topological polar surface area (TPSA) is 62.2 Å². The zero-order chi connectivity index (χ0) is 14.0. The molecule has 0 saturated carbocycles. The third-order valence-corrected chi connectivity index (χ3v) is 3.83. The largest absolute Gasteiger partial charge is 0.544 e. The molecule has 0 bridgehead atoms. The van der Waals surface area contributed by atoms with Crippen LogP contribution in [0.15, 0.2) is 18.2 Å². The summed E-state index contributed by atoms with van der Waals surface area (Å²) in [6.45, 7) is 5.88. The summed E-state index contributed by atoms with van der Waals surface area (Å²) < 4.78 is 5.69. The quantitative estimate of drug-likeness (QED) is 0.857. The second kappa shape index (κ2) is 5.40. The first-order valence-corrected chi connectivity index (χ1v) is 6.66. The summed E-state index contributed by atoms with van der Waals surface area (Å²) in [5.41, 5.74) is 2.63. The monoisotopic (exact) mass is 276 g/mol. The highest BCUT2D eigenvalue weighted by atomic mass is 32.1. The molecule has 19 heavy (non-hydrogen) atoms. The Kier molecular flexibility index (Phi) is 3.85. The van der Waals surface area contributed by atoms with Crippen molar-refractivity contribution in [3.05, 3.63) is 44.9 Å². The molecule has 0 spiro atoms. The SMILES string of the molecule is Cc1ccc(C)c(OCc2nc(C)c(C(=O)[O-])s2)c1. The molecule has 0 aliphatic rings. The maximum atomic E-state index is 10.8.